The highest BCUT2D eigenvalue weighted by atomic mass is 16.5. The maximum Gasteiger partial charge on any atom is 0.168 e. The number of methoxy groups -OCH3 is 1. The molecular weight excluding hydrogens is 302 g/mol. The van der Waals surface area contributed by atoms with Gasteiger partial charge in [0.2, 0.25) is 0 Å². The Kier molecular flexibility index (Phi) is 5.25. The number of nitrogens with zero attached hydrogens (tertiary/aromatic N) is 1. The lowest BCUT2D eigenvalue weighted by molar-refractivity contribution is 0.0858. The Bertz CT molecular complexity index is 765. The number of rotatable bonds is 5. The molecule has 2 aromatic rings. The molecule has 2 rings (SSSR count). The predicted molar refractivity (Wildman–Crippen MR) is 92.3 cm³/mol. The quantitative estimate of drug-likeness (QED) is 0.766. The number of carbonyl (C=O) groups excluding carboxylic acids is 1. The summed E-state index contributed by atoms with van der Waals surface area (Å²) in [6.45, 7) is 6.01. The average molecular weight is 323 g/mol. The van der Waals surface area contributed by atoms with Gasteiger partial charge < -0.3 is 9.47 Å². The van der Waals surface area contributed by atoms with Crippen LogP contribution in [0, 0.1) is 16.7 Å². The van der Waals surface area contributed by atoms with E-state index in [1.807, 2.05) is 32.9 Å². The highest BCUT2D eigenvalue weighted by Crippen LogP contribution is 2.31. The third-order valence-corrected chi connectivity index (χ3v) is 3.58. The van der Waals surface area contributed by atoms with Crippen LogP contribution in [0.3, 0.4) is 0 Å². The first-order valence-electron chi connectivity index (χ1n) is 7.70. The second kappa shape index (κ2) is 7.18. The monoisotopic (exact) mass is 323 g/mol. The van der Waals surface area contributed by atoms with Crippen LogP contribution in [-0.4, -0.2) is 12.9 Å². The van der Waals surface area contributed by atoms with Crippen LogP contribution < -0.4 is 9.47 Å². The summed E-state index contributed by atoms with van der Waals surface area (Å²) < 4.78 is 11.1. The van der Waals surface area contributed by atoms with E-state index in [9.17, 15) is 4.79 Å². The molecule has 0 saturated heterocycles. The Morgan fingerprint density at radius 2 is 1.75 bits per heavy atom. The highest BCUT2D eigenvalue weighted by Gasteiger charge is 2.23. The van der Waals surface area contributed by atoms with Crippen LogP contribution in [0.4, 0.5) is 0 Å². The molecule has 4 heteroatoms. The molecule has 0 amide bonds. The van der Waals surface area contributed by atoms with Gasteiger partial charge in [-0.25, -0.2) is 0 Å². The molecule has 0 aromatic heterocycles. The molecule has 0 atom stereocenters. The minimum absolute atomic E-state index is 0.0550. The van der Waals surface area contributed by atoms with Crippen molar-refractivity contribution in [2.75, 3.05) is 7.11 Å². The van der Waals surface area contributed by atoms with E-state index in [-0.39, 0.29) is 5.78 Å². The minimum Gasteiger partial charge on any atom is -0.493 e. The smallest absolute Gasteiger partial charge is 0.168 e. The van der Waals surface area contributed by atoms with Crippen LogP contribution in [0.15, 0.2) is 42.5 Å². The van der Waals surface area contributed by atoms with Gasteiger partial charge in [-0.1, -0.05) is 32.9 Å². The van der Waals surface area contributed by atoms with E-state index in [2.05, 4.69) is 6.07 Å². The molecule has 0 N–H and O–H groups in total. The Morgan fingerprint density at radius 3 is 2.29 bits per heavy atom. The van der Waals surface area contributed by atoms with Gasteiger partial charge in [-0.2, -0.15) is 5.26 Å². The summed E-state index contributed by atoms with van der Waals surface area (Å²) in [6, 6.07) is 14.5. The molecule has 0 saturated carbocycles. The van der Waals surface area contributed by atoms with Crippen LogP contribution in [0.1, 0.15) is 42.3 Å². The van der Waals surface area contributed by atoms with Gasteiger partial charge in [0.15, 0.2) is 17.3 Å². The van der Waals surface area contributed by atoms with E-state index < -0.39 is 5.41 Å². The Balaban J connectivity index is 2.15. The number of hydrogen-bond donors (Lipinski definition) is 0. The van der Waals surface area contributed by atoms with Crippen LogP contribution in [-0.2, 0) is 6.61 Å². The zero-order valence-corrected chi connectivity index (χ0v) is 14.4. The second-order valence-corrected chi connectivity index (χ2v) is 6.54. The second-order valence-electron chi connectivity index (χ2n) is 6.54. The summed E-state index contributed by atoms with van der Waals surface area (Å²) in [4.78, 5) is 12.4. The minimum atomic E-state index is -0.449. The molecule has 0 bridgehead atoms. The van der Waals surface area contributed by atoms with E-state index >= 15 is 0 Å². The Hall–Kier alpha value is -2.80. The van der Waals surface area contributed by atoms with Crippen molar-refractivity contribution >= 4 is 5.78 Å². The van der Waals surface area contributed by atoms with Crippen molar-refractivity contribution in [2.45, 2.75) is 27.4 Å². The van der Waals surface area contributed by atoms with Crippen molar-refractivity contribution in [3.05, 3.63) is 59.2 Å². The molecule has 0 heterocycles. The number of carbonyl (C=O) groups is 1. The SMILES string of the molecule is COc1cc(C(=O)C(C)(C)C)ccc1OCc1ccc(C#N)cc1. The van der Waals surface area contributed by atoms with Crippen molar-refractivity contribution in [3.63, 3.8) is 0 Å². The van der Waals surface area contributed by atoms with E-state index in [0.717, 1.165) is 5.56 Å². The zero-order chi connectivity index (χ0) is 17.7. The number of hydrogen-bond acceptors (Lipinski definition) is 4. The number of ether oxygens (including phenoxy) is 2. The van der Waals surface area contributed by atoms with Crippen molar-refractivity contribution in [1.82, 2.24) is 0 Å². The lowest BCUT2D eigenvalue weighted by Crippen LogP contribution is -2.20. The highest BCUT2D eigenvalue weighted by molar-refractivity contribution is 6.00. The molecule has 0 aliphatic heterocycles. The molecule has 0 unspecified atom stereocenters. The third-order valence-electron chi connectivity index (χ3n) is 3.58. The zero-order valence-electron chi connectivity index (χ0n) is 14.4. The first-order valence-corrected chi connectivity index (χ1v) is 7.70. The van der Waals surface area contributed by atoms with Crippen molar-refractivity contribution < 1.29 is 14.3 Å². The molecule has 0 radical (unpaired) electrons. The first kappa shape index (κ1) is 17.6. The molecule has 0 spiro atoms. The van der Waals surface area contributed by atoms with Gasteiger partial charge in [-0.15, -0.1) is 0 Å². The molecule has 0 aliphatic carbocycles. The largest absolute Gasteiger partial charge is 0.493 e. The normalized spacial score (nSPS) is 10.8. The first-order chi connectivity index (χ1) is 11.3. The predicted octanol–water partition coefficient (Wildman–Crippen LogP) is 4.37. The fourth-order valence-electron chi connectivity index (χ4n) is 2.20. The summed E-state index contributed by atoms with van der Waals surface area (Å²) in [5.41, 5.74) is 1.72. The lowest BCUT2D eigenvalue weighted by atomic mass is 9.86. The fraction of sp³-hybridized carbons (Fsp3) is 0.300. The molecule has 0 aliphatic rings. The summed E-state index contributed by atoms with van der Waals surface area (Å²) >= 11 is 0. The maximum absolute atomic E-state index is 12.4. The number of benzene rings is 2. The van der Waals surface area contributed by atoms with Gasteiger partial charge in [0.1, 0.15) is 6.61 Å². The van der Waals surface area contributed by atoms with Crippen molar-refractivity contribution in [2.24, 2.45) is 5.41 Å². The molecular formula is C20H21NO3. The maximum atomic E-state index is 12.4. The summed E-state index contributed by atoms with van der Waals surface area (Å²) in [5.74, 6) is 1.16. The van der Waals surface area contributed by atoms with Gasteiger partial charge >= 0.3 is 0 Å². The summed E-state index contributed by atoms with van der Waals surface area (Å²) in [5, 5.41) is 8.81. The Morgan fingerprint density at radius 1 is 1.08 bits per heavy atom. The number of Topliss-reactive ketones (excluding diaryl/α,β-unsaturated/α-hetero) is 1. The van der Waals surface area contributed by atoms with Gasteiger partial charge in [0.25, 0.3) is 0 Å². The number of ketones is 1. The van der Waals surface area contributed by atoms with Crippen LogP contribution in [0.5, 0.6) is 11.5 Å². The van der Waals surface area contributed by atoms with Crippen LogP contribution >= 0.6 is 0 Å². The van der Waals surface area contributed by atoms with Crippen molar-refractivity contribution in [3.8, 4) is 17.6 Å². The van der Waals surface area contributed by atoms with Gasteiger partial charge in [0.05, 0.1) is 18.7 Å². The van der Waals surface area contributed by atoms with Crippen LogP contribution in [0.2, 0.25) is 0 Å². The van der Waals surface area contributed by atoms with E-state index in [4.69, 9.17) is 14.7 Å². The van der Waals surface area contributed by atoms with Crippen LogP contribution in [0.25, 0.3) is 0 Å². The third kappa shape index (κ3) is 4.14. The van der Waals surface area contributed by atoms with Gasteiger partial charge in [-0.05, 0) is 35.9 Å². The molecule has 4 nitrogen and oxygen atoms in total. The Labute approximate surface area is 142 Å². The summed E-state index contributed by atoms with van der Waals surface area (Å²) in [6.07, 6.45) is 0. The van der Waals surface area contributed by atoms with E-state index in [0.29, 0.717) is 29.2 Å². The molecule has 0 fully saturated rings. The summed E-state index contributed by atoms with van der Waals surface area (Å²) in [7, 11) is 1.55. The van der Waals surface area contributed by atoms with E-state index in [1.54, 1.807) is 37.4 Å². The molecule has 2 aromatic carbocycles. The van der Waals surface area contributed by atoms with Gasteiger partial charge in [0, 0.05) is 11.0 Å². The lowest BCUT2D eigenvalue weighted by Gasteiger charge is -2.18. The average Bonchev–Trinajstić information content (AvgIpc) is 2.58. The van der Waals surface area contributed by atoms with Crippen molar-refractivity contribution in [1.29, 1.82) is 5.26 Å². The fourth-order valence-corrected chi connectivity index (χ4v) is 2.20. The molecule has 24 heavy (non-hydrogen) atoms. The van der Waals surface area contributed by atoms with E-state index in [1.165, 1.54) is 0 Å². The number of nitriles is 1. The molecule has 124 valence electrons. The van der Waals surface area contributed by atoms with Gasteiger partial charge in [-0.3, -0.25) is 4.79 Å². The standard InChI is InChI=1S/C20H21NO3/c1-20(2,3)19(22)16-9-10-17(18(11-16)23-4)24-13-15-7-5-14(12-21)6-8-15/h5-11H,13H2,1-4H3. The topological polar surface area (TPSA) is 59.3 Å².